The van der Waals surface area contributed by atoms with E-state index in [2.05, 4.69) is 11.4 Å². The molecule has 0 spiro atoms. The summed E-state index contributed by atoms with van der Waals surface area (Å²) >= 11 is 1.68. The minimum atomic E-state index is -0.190. The fourth-order valence-electron chi connectivity index (χ4n) is 2.15. The standard InChI is InChI=1S/C17H17FN2S/c1-21-12-16-8-17(18)6-5-15(16)11-20-10-14-4-2-3-13(7-14)9-19/h2-8,20H,10-12H2,1H3. The van der Waals surface area contributed by atoms with Crippen LogP contribution >= 0.6 is 11.8 Å². The van der Waals surface area contributed by atoms with Crippen LogP contribution in [0.5, 0.6) is 0 Å². The second kappa shape index (κ2) is 7.82. The number of hydrogen-bond donors (Lipinski definition) is 1. The summed E-state index contributed by atoms with van der Waals surface area (Å²) in [5.41, 5.74) is 3.88. The van der Waals surface area contributed by atoms with Gasteiger partial charge in [-0.1, -0.05) is 18.2 Å². The molecule has 0 fully saturated rings. The Kier molecular flexibility index (Phi) is 5.79. The van der Waals surface area contributed by atoms with E-state index in [0.29, 0.717) is 18.7 Å². The van der Waals surface area contributed by atoms with Gasteiger partial charge in [0.1, 0.15) is 5.82 Å². The van der Waals surface area contributed by atoms with E-state index in [9.17, 15) is 4.39 Å². The number of halogens is 1. The zero-order valence-corrected chi connectivity index (χ0v) is 12.7. The van der Waals surface area contributed by atoms with Crippen molar-refractivity contribution in [3.8, 4) is 6.07 Å². The SMILES string of the molecule is CSCc1cc(F)ccc1CNCc1cccc(C#N)c1. The van der Waals surface area contributed by atoms with Gasteiger partial charge in [-0.15, -0.1) is 0 Å². The smallest absolute Gasteiger partial charge is 0.123 e. The van der Waals surface area contributed by atoms with Crippen LogP contribution in [0.2, 0.25) is 0 Å². The van der Waals surface area contributed by atoms with Gasteiger partial charge in [-0.3, -0.25) is 0 Å². The monoisotopic (exact) mass is 300 g/mol. The quantitative estimate of drug-likeness (QED) is 0.880. The van der Waals surface area contributed by atoms with Crippen molar-refractivity contribution in [2.24, 2.45) is 0 Å². The van der Waals surface area contributed by atoms with Crippen LogP contribution in [0.15, 0.2) is 42.5 Å². The summed E-state index contributed by atoms with van der Waals surface area (Å²) in [7, 11) is 0. The zero-order valence-electron chi connectivity index (χ0n) is 11.9. The lowest BCUT2D eigenvalue weighted by Crippen LogP contribution is -2.14. The molecule has 2 aromatic rings. The van der Waals surface area contributed by atoms with Crippen molar-refractivity contribution in [2.75, 3.05) is 6.26 Å². The van der Waals surface area contributed by atoms with Crippen molar-refractivity contribution < 1.29 is 4.39 Å². The Hall–Kier alpha value is -1.83. The lowest BCUT2D eigenvalue weighted by Gasteiger charge is -2.10. The molecule has 0 saturated carbocycles. The molecule has 2 aromatic carbocycles. The average Bonchev–Trinajstić information content (AvgIpc) is 2.50. The van der Waals surface area contributed by atoms with Crippen LogP contribution in [-0.2, 0) is 18.8 Å². The molecule has 21 heavy (non-hydrogen) atoms. The molecule has 0 unspecified atom stereocenters. The summed E-state index contributed by atoms with van der Waals surface area (Å²) in [6.07, 6.45) is 2.01. The molecule has 0 aliphatic heterocycles. The Balaban J connectivity index is 1.98. The number of thioether (sulfide) groups is 1. The molecule has 2 nitrogen and oxygen atoms in total. The van der Waals surface area contributed by atoms with Gasteiger partial charge < -0.3 is 5.32 Å². The van der Waals surface area contributed by atoms with Crippen LogP contribution in [0, 0.1) is 17.1 Å². The van der Waals surface area contributed by atoms with Crippen LogP contribution in [-0.4, -0.2) is 6.26 Å². The van der Waals surface area contributed by atoms with Gasteiger partial charge in [0.15, 0.2) is 0 Å². The number of nitrogens with zero attached hydrogens (tertiary/aromatic N) is 1. The highest BCUT2D eigenvalue weighted by Crippen LogP contribution is 2.17. The first-order chi connectivity index (χ1) is 10.2. The van der Waals surface area contributed by atoms with Crippen molar-refractivity contribution in [2.45, 2.75) is 18.8 Å². The molecular weight excluding hydrogens is 283 g/mol. The van der Waals surface area contributed by atoms with Crippen LogP contribution in [0.25, 0.3) is 0 Å². The van der Waals surface area contributed by atoms with Gasteiger partial charge in [-0.25, -0.2) is 4.39 Å². The van der Waals surface area contributed by atoms with Crippen molar-refractivity contribution in [3.63, 3.8) is 0 Å². The van der Waals surface area contributed by atoms with Gasteiger partial charge in [0.05, 0.1) is 11.6 Å². The second-order valence-electron chi connectivity index (χ2n) is 4.76. The summed E-state index contributed by atoms with van der Waals surface area (Å²) in [4.78, 5) is 0. The topological polar surface area (TPSA) is 35.8 Å². The van der Waals surface area contributed by atoms with E-state index >= 15 is 0 Å². The fourth-order valence-corrected chi connectivity index (χ4v) is 2.73. The molecule has 0 amide bonds. The molecular formula is C17H17FN2S. The van der Waals surface area contributed by atoms with E-state index in [0.717, 1.165) is 22.4 Å². The predicted octanol–water partition coefficient (Wildman–Crippen LogP) is 3.85. The van der Waals surface area contributed by atoms with Gasteiger partial charge in [-0.2, -0.15) is 17.0 Å². The van der Waals surface area contributed by atoms with Crippen molar-refractivity contribution in [3.05, 3.63) is 70.5 Å². The van der Waals surface area contributed by atoms with Crippen LogP contribution in [0.1, 0.15) is 22.3 Å². The van der Waals surface area contributed by atoms with E-state index < -0.39 is 0 Å². The van der Waals surface area contributed by atoms with Gasteiger partial charge in [-0.05, 0) is 47.2 Å². The lowest BCUT2D eigenvalue weighted by atomic mass is 10.1. The largest absolute Gasteiger partial charge is 0.309 e. The third-order valence-electron chi connectivity index (χ3n) is 3.17. The van der Waals surface area contributed by atoms with E-state index in [1.54, 1.807) is 23.9 Å². The van der Waals surface area contributed by atoms with Crippen LogP contribution in [0.3, 0.4) is 0 Å². The molecule has 2 rings (SSSR count). The van der Waals surface area contributed by atoms with Crippen molar-refractivity contribution >= 4 is 11.8 Å². The molecule has 0 saturated heterocycles. The minimum Gasteiger partial charge on any atom is -0.309 e. The maximum Gasteiger partial charge on any atom is 0.123 e. The number of nitrogens with one attached hydrogen (secondary N) is 1. The Morgan fingerprint density at radius 1 is 1.14 bits per heavy atom. The van der Waals surface area contributed by atoms with Crippen molar-refractivity contribution in [1.82, 2.24) is 5.32 Å². The summed E-state index contributed by atoms with van der Waals surface area (Å²) < 4.78 is 13.3. The van der Waals surface area contributed by atoms with Crippen LogP contribution < -0.4 is 5.32 Å². The van der Waals surface area contributed by atoms with Gasteiger partial charge >= 0.3 is 0 Å². The Bertz CT molecular complexity index is 649. The molecule has 0 aliphatic carbocycles. The van der Waals surface area contributed by atoms with E-state index in [1.807, 2.05) is 30.5 Å². The number of benzene rings is 2. The molecule has 0 aromatic heterocycles. The summed E-state index contributed by atoms with van der Waals surface area (Å²) in [5, 5.41) is 12.2. The minimum absolute atomic E-state index is 0.190. The molecule has 4 heteroatoms. The third-order valence-corrected chi connectivity index (χ3v) is 3.77. The molecule has 108 valence electrons. The molecule has 0 atom stereocenters. The highest BCUT2D eigenvalue weighted by molar-refractivity contribution is 7.97. The lowest BCUT2D eigenvalue weighted by molar-refractivity contribution is 0.622. The van der Waals surface area contributed by atoms with Gasteiger partial charge in [0.25, 0.3) is 0 Å². The summed E-state index contributed by atoms with van der Waals surface area (Å²) in [6.45, 7) is 1.37. The molecule has 0 radical (unpaired) electrons. The summed E-state index contributed by atoms with van der Waals surface area (Å²) in [6, 6.07) is 14.6. The first-order valence-electron chi connectivity index (χ1n) is 6.69. The number of hydrogen-bond acceptors (Lipinski definition) is 3. The maximum absolute atomic E-state index is 13.3. The van der Waals surface area contributed by atoms with E-state index in [1.165, 1.54) is 6.07 Å². The van der Waals surface area contributed by atoms with E-state index in [-0.39, 0.29) is 5.82 Å². The first kappa shape index (κ1) is 15.6. The third kappa shape index (κ3) is 4.59. The average molecular weight is 300 g/mol. The fraction of sp³-hybridized carbons (Fsp3) is 0.235. The second-order valence-corrected chi connectivity index (χ2v) is 5.63. The molecule has 0 heterocycles. The highest BCUT2D eigenvalue weighted by atomic mass is 32.2. The zero-order chi connectivity index (χ0) is 15.1. The summed E-state index contributed by atoms with van der Waals surface area (Å²) in [5.74, 6) is 0.614. The first-order valence-corrected chi connectivity index (χ1v) is 8.08. The predicted molar refractivity (Wildman–Crippen MR) is 85.3 cm³/mol. The van der Waals surface area contributed by atoms with Gasteiger partial charge in [0.2, 0.25) is 0 Å². The van der Waals surface area contributed by atoms with Gasteiger partial charge in [0, 0.05) is 18.8 Å². The normalized spacial score (nSPS) is 10.3. The Morgan fingerprint density at radius 3 is 2.76 bits per heavy atom. The number of rotatable bonds is 6. The Morgan fingerprint density at radius 2 is 2.00 bits per heavy atom. The van der Waals surface area contributed by atoms with Crippen molar-refractivity contribution in [1.29, 1.82) is 5.26 Å². The molecule has 0 aliphatic rings. The number of nitriles is 1. The molecule has 0 bridgehead atoms. The Labute approximate surface area is 129 Å². The van der Waals surface area contributed by atoms with Crippen LogP contribution in [0.4, 0.5) is 4.39 Å². The molecule has 1 N–H and O–H groups in total. The highest BCUT2D eigenvalue weighted by Gasteiger charge is 2.04. The maximum atomic E-state index is 13.3. The van der Waals surface area contributed by atoms with E-state index in [4.69, 9.17) is 5.26 Å².